The van der Waals surface area contributed by atoms with Crippen LogP contribution in [0.2, 0.25) is 0 Å². The van der Waals surface area contributed by atoms with Crippen LogP contribution in [0, 0.1) is 0 Å². The average molecular weight is 406 g/mol. The van der Waals surface area contributed by atoms with Crippen molar-refractivity contribution in [2.75, 3.05) is 12.3 Å². The molecule has 0 heterocycles. The van der Waals surface area contributed by atoms with E-state index in [4.69, 9.17) is 19.1 Å². The van der Waals surface area contributed by atoms with Crippen LogP contribution in [0.1, 0.15) is 41.5 Å². The molecule has 4 heteroatoms. The number of hydrogen-bond donors (Lipinski definition) is 0. The molecule has 18 heavy (non-hydrogen) atoms. The molecule has 0 aromatic rings. The molecule has 0 rings (SSSR count). The predicted octanol–water partition coefficient (Wildman–Crippen LogP) is 6.08. The van der Waals surface area contributed by atoms with Crippen molar-refractivity contribution in [2.24, 2.45) is 0 Å². The molecule has 0 radical (unpaired) electrons. The molecule has 0 saturated carbocycles. The van der Waals surface area contributed by atoms with E-state index in [2.05, 4.69) is 66.9 Å². The molecule has 114 valence electrons. The molecular weight excluding hydrogens is 376 g/mol. The van der Waals surface area contributed by atoms with E-state index in [-0.39, 0.29) is 15.9 Å². The predicted molar refractivity (Wildman–Crippen MR) is 89.7 cm³/mol. The Hall–Kier alpha value is 1.15. The van der Waals surface area contributed by atoms with Gasteiger partial charge in [-0.2, -0.15) is 0 Å². The molecular formula is C14H29Cl2PPd. The third-order valence-electron chi connectivity index (χ3n) is 3.86. The van der Waals surface area contributed by atoms with Crippen LogP contribution in [0.3, 0.4) is 0 Å². The molecule has 0 atom stereocenters. The van der Waals surface area contributed by atoms with Gasteiger partial charge in [0.15, 0.2) is 0 Å². The first kappa shape index (κ1) is 21.5. The zero-order valence-corrected chi connectivity index (χ0v) is 16.6. The minimum absolute atomic E-state index is 0.106. The van der Waals surface area contributed by atoms with Crippen LogP contribution in [0.5, 0.6) is 0 Å². The van der Waals surface area contributed by atoms with Gasteiger partial charge in [-0.15, -0.1) is 0 Å². The monoisotopic (exact) mass is 404 g/mol. The second-order valence-electron chi connectivity index (χ2n) is 6.61. The Morgan fingerprint density at radius 2 is 1.11 bits per heavy atom. The Bertz CT molecular complexity index is 226. The summed E-state index contributed by atoms with van der Waals surface area (Å²) in [6, 6.07) is 0. The fourth-order valence-corrected chi connectivity index (χ4v) is 8.78. The molecule has 0 saturated heterocycles. The standard InChI is InChI=1S/C14H29P.2ClH.Pd/c1-9-11-15(12-10-2,13(3,4)5)14(6,7)8;;;/h9-10,15H,1-2,11-12H2,3-8H3;2*1H;/q;;;+2/p-2. The first-order chi connectivity index (χ1) is 8.04. The molecule has 0 N–H and O–H groups in total. The van der Waals surface area contributed by atoms with E-state index in [1.807, 2.05) is 0 Å². The summed E-state index contributed by atoms with van der Waals surface area (Å²) in [5.41, 5.74) is 0. The van der Waals surface area contributed by atoms with E-state index < -0.39 is 7.26 Å². The van der Waals surface area contributed by atoms with E-state index in [0.29, 0.717) is 10.3 Å². The fraction of sp³-hybridized carbons (Fsp3) is 0.714. The molecule has 0 unspecified atom stereocenters. The molecule has 0 aromatic carbocycles. The van der Waals surface area contributed by atoms with Crippen LogP contribution in [0.15, 0.2) is 25.3 Å². The van der Waals surface area contributed by atoms with Gasteiger partial charge in [-0.05, 0) is 0 Å². The number of halogens is 2. The van der Waals surface area contributed by atoms with Crippen molar-refractivity contribution in [1.82, 2.24) is 0 Å². The van der Waals surface area contributed by atoms with Crippen LogP contribution in [0.4, 0.5) is 0 Å². The molecule has 0 aliphatic heterocycles. The van der Waals surface area contributed by atoms with Gasteiger partial charge in [0.1, 0.15) is 0 Å². The number of allylic oxidation sites excluding steroid dienone is 2. The molecule has 0 aromatic heterocycles. The van der Waals surface area contributed by atoms with Crippen molar-refractivity contribution >= 4 is 26.3 Å². The molecule has 0 aliphatic carbocycles. The molecule has 0 nitrogen and oxygen atoms in total. The van der Waals surface area contributed by atoms with Crippen LogP contribution >= 0.6 is 26.3 Å². The fourth-order valence-electron chi connectivity index (χ4n) is 2.93. The first-order valence-electron chi connectivity index (χ1n) is 6.08. The second kappa shape index (κ2) is 9.16. The van der Waals surface area contributed by atoms with E-state index in [9.17, 15) is 0 Å². The zero-order valence-electron chi connectivity index (χ0n) is 12.6. The van der Waals surface area contributed by atoms with Crippen molar-refractivity contribution in [2.45, 2.75) is 51.9 Å². The van der Waals surface area contributed by atoms with Crippen LogP contribution in [0.25, 0.3) is 0 Å². The summed E-state index contributed by atoms with van der Waals surface area (Å²) < 4.78 is 0. The topological polar surface area (TPSA) is 0 Å². The summed E-state index contributed by atoms with van der Waals surface area (Å²) >= 11 is -0.106. The van der Waals surface area contributed by atoms with Crippen molar-refractivity contribution in [3.05, 3.63) is 25.3 Å². The van der Waals surface area contributed by atoms with Gasteiger partial charge in [0.2, 0.25) is 0 Å². The molecule has 0 amide bonds. The van der Waals surface area contributed by atoms with Gasteiger partial charge < -0.3 is 0 Å². The third kappa shape index (κ3) is 6.07. The summed E-state index contributed by atoms with van der Waals surface area (Å²) in [6.07, 6.45) is 6.61. The van der Waals surface area contributed by atoms with Crippen molar-refractivity contribution in [3.63, 3.8) is 0 Å². The van der Waals surface area contributed by atoms with Gasteiger partial charge in [0, 0.05) is 0 Å². The number of rotatable bonds is 4. The first-order valence-corrected chi connectivity index (χ1v) is 12.5. The van der Waals surface area contributed by atoms with Gasteiger partial charge in [-0.1, -0.05) is 0 Å². The minimum atomic E-state index is -1.43. The Morgan fingerprint density at radius 1 is 0.889 bits per heavy atom. The molecule has 0 aliphatic rings. The van der Waals surface area contributed by atoms with Crippen molar-refractivity contribution in [1.29, 1.82) is 0 Å². The van der Waals surface area contributed by atoms with E-state index in [1.54, 1.807) is 0 Å². The Balaban J connectivity index is 0. The Kier molecular flexibility index (Phi) is 10.9. The van der Waals surface area contributed by atoms with Crippen molar-refractivity contribution in [3.8, 4) is 0 Å². The summed E-state index contributed by atoms with van der Waals surface area (Å²) in [5.74, 6) is 0. The number of hydrogen-bond acceptors (Lipinski definition) is 0. The molecule has 0 spiro atoms. The third-order valence-corrected chi connectivity index (χ3v) is 11.6. The molecule has 0 fully saturated rings. The van der Waals surface area contributed by atoms with E-state index in [0.717, 1.165) is 0 Å². The van der Waals surface area contributed by atoms with Crippen LogP contribution in [-0.4, -0.2) is 22.6 Å². The second-order valence-corrected chi connectivity index (χ2v) is 15.0. The van der Waals surface area contributed by atoms with Crippen LogP contribution < -0.4 is 0 Å². The summed E-state index contributed by atoms with van der Waals surface area (Å²) in [7, 11) is 8.19. The van der Waals surface area contributed by atoms with Gasteiger partial charge in [-0.3, -0.25) is 0 Å². The zero-order chi connectivity index (χ0) is 15.0. The Morgan fingerprint density at radius 3 is 1.22 bits per heavy atom. The quantitative estimate of drug-likeness (QED) is 0.302. The summed E-state index contributed by atoms with van der Waals surface area (Å²) in [6.45, 7) is 22.2. The van der Waals surface area contributed by atoms with Gasteiger partial charge in [-0.25, -0.2) is 0 Å². The SMILES string of the molecule is C=CC[PH](CC=C)(C(C)(C)C)C(C)(C)C.[Cl][Pd][Cl]. The van der Waals surface area contributed by atoms with Gasteiger partial charge >= 0.3 is 132 Å². The maximum absolute atomic E-state index is 4.81. The summed E-state index contributed by atoms with van der Waals surface area (Å²) in [4.78, 5) is 0. The summed E-state index contributed by atoms with van der Waals surface area (Å²) in [5, 5.41) is 0.793. The maximum atomic E-state index is 4.81. The van der Waals surface area contributed by atoms with Gasteiger partial charge in [0.05, 0.1) is 0 Å². The Labute approximate surface area is 131 Å². The normalized spacial score (nSPS) is 13.6. The molecule has 0 bridgehead atoms. The van der Waals surface area contributed by atoms with E-state index >= 15 is 0 Å². The van der Waals surface area contributed by atoms with E-state index in [1.165, 1.54) is 12.3 Å². The van der Waals surface area contributed by atoms with Crippen molar-refractivity contribution < 1.29 is 15.9 Å². The average Bonchev–Trinajstić information content (AvgIpc) is 2.14. The van der Waals surface area contributed by atoms with Crippen LogP contribution in [-0.2, 0) is 15.9 Å². The van der Waals surface area contributed by atoms with Gasteiger partial charge in [0.25, 0.3) is 0 Å².